The van der Waals surface area contributed by atoms with Crippen LogP contribution in [0.15, 0.2) is 48.9 Å². The molecule has 4 aromatic rings. The Hall–Kier alpha value is -3.90. The van der Waals surface area contributed by atoms with Gasteiger partial charge >= 0.3 is 0 Å². The standard InChI is InChI=1S/C20H16FN7O/c1-2-20(29,18-23-7-3-8-24-18)11-13-4-5-14-15(12-21)27-28(16(14)10-13)17-6-9-25-19(22)26-17/h1,3-10,29H,11-12H2,(H2,22,25,26). The predicted molar refractivity (Wildman–Crippen MR) is 104 cm³/mol. The van der Waals surface area contributed by atoms with Gasteiger partial charge in [-0.05, 0) is 17.7 Å². The highest BCUT2D eigenvalue weighted by molar-refractivity contribution is 5.84. The number of benzene rings is 1. The number of nitrogens with two attached hydrogens (primary N) is 1. The van der Waals surface area contributed by atoms with Crippen LogP contribution in [0, 0.1) is 12.3 Å². The molecule has 29 heavy (non-hydrogen) atoms. The van der Waals surface area contributed by atoms with Crippen molar-refractivity contribution in [1.29, 1.82) is 0 Å². The Morgan fingerprint density at radius 2 is 1.97 bits per heavy atom. The van der Waals surface area contributed by atoms with E-state index in [1.807, 2.05) is 0 Å². The average molecular weight is 389 g/mol. The first-order valence-electron chi connectivity index (χ1n) is 8.67. The van der Waals surface area contributed by atoms with E-state index in [0.717, 1.165) is 0 Å². The van der Waals surface area contributed by atoms with Gasteiger partial charge in [0.15, 0.2) is 17.2 Å². The zero-order valence-corrected chi connectivity index (χ0v) is 15.2. The number of nitrogens with zero attached hydrogens (tertiary/aromatic N) is 6. The molecule has 0 fully saturated rings. The maximum Gasteiger partial charge on any atom is 0.221 e. The number of halogens is 1. The first kappa shape index (κ1) is 18.5. The smallest absolute Gasteiger partial charge is 0.221 e. The van der Waals surface area contributed by atoms with Crippen molar-refractivity contribution in [2.24, 2.45) is 0 Å². The van der Waals surface area contributed by atoms with E-state index >= 15 is 0 Å². The third-order valence-corrected chi connectivity index (χ3v) is 4.46. The monoisotopic (exact) mass is 389 g/mol. The lowest BCUT2D eigenvalue weighted by Crippen LogP contribution is -2.29. The van der Waals surface area contributed by atoms with Crippen LogP contribution in [-0.2, 0) is 18.7 Å². The van der Waals surface area contributed by atoms with E-state index in [9.17, 15) is 9.50 Å². The Balaban J connectivity index is 1.81. The summed E-state index contributed by atoms with van der Waals surface area (Å²) in [6.45, 7) is -0.741. The second-order valence-corrected chi connectivity index (χ2v) is 6.37. The molecule has 3 N–H and O–H groups in total. The molecule has 0 saturated heterocycles. The molecule has 0 spiro atoms. The Morgan fingerprint density at radius 1 is 1.17 bits per heavy atom. The van der Waals surface area contributed by atoms with Crippen LogP contribution in [0.25, 0.3) is 16.7 Å². The van der Waals surface area contributed by atoms with Gasteiger partial charge in [0.1, 0.15) is 12.4 Å². The van der Waals surface area contributed by atoms with E-state index in [4.69, 9.17) is 12.2 Å². The van der Waals surface area contributed by atoms with Crippen LogP contribution in [0.5, 0.6) is 0 Å². The SMILES string of the molecule is C#CC(O)(Cc1ccc2c(CF)nn(-c3ccnc(N)n3)c2c1)c1ncccn1. The van der Waals surface area contributed by atoms with Crippen molar-refractivity contribution in [2.45, 2.75) is 18.7 Å². The molecule has 0 radical (unpaired) electrons. The average Bonchev–Trinajstić information content (AvgIpc) is 3.12. The third kappa shape index (κ3) is 3.37. The molecule has 3 aromatic heterocycles. The van der Waals surface area contributed by atoms with Gasteiger partial charge in [0.05, 0.1) is 5.52 Å². The molecule has 0 saturated carbocycles. The number of aromatic nitrogens is 6. The highest BCUT2D eigenvalue weighted by atomic mass is 19.1. The third-order valence-electron chi connectivity index (χ3n) is 4.46. The van der Waals surface area contributed by atoms with Gasteiger partial charge in [-0.15, -0.1) is 6.42 Å². The molecule has 9 heteroatoms. The summed E-state index contributed by atoms with van der Waals surface area (Å²) in [6, 6.07) is 8.51. The minimum Gasteiger partial charge on any atom is -0.370 e. The number of alkyl halides is 1. The molecular weight excluding hydrogens is 373 g/mol. The zero-order chi connectivity index (χ0) is 20.4. The van der Waals surface area contributed by atoms with Crippen LogP contribution in [0.2, 0.25) is 0 Å². The van der Waals surface area contributed by atoms with Crippen LogP contribution in [0.1, 0.15) is 17.1 Å². The van der Waals surface area contributed by atoms with E-state index in [2.05, 4.69) is 31.0 Å². The zero-order valence-electron chi connectivity index (χ0n) is 15.2. The number of hydrogen-bond acceptors (Lipinski definition) is 7. The lowest BCUT2D eigenvalue weighted by molar-refractivity contribution is 0.0909. The fraction of sp³-hybridized carbons (Fsp3) is 0.150. The Labute approximate surface area is 165 Å². The predicted octanol–water partition coefficient (Wildman–Crippen LogP) is 1.72. The second-order valence-electron chi connectivity index (χ2n) is 6.37. The Bertz CT molecular complexity index is 1220. The topological polar surface area (TPSA) is 116 Å². The molecule has 0 aliphatic heterocycles. The van der Waals surface area contributed by atoms with Crippen molar-refractivity contribution in [2.75, 3.05) is 5.73 Å². The fourth-order valence-corrected chi connectivity index (χ4v) is 3.09. The van der Waals surface area contributed by atoms with E-state index in [1.165, 1.54) is 23.3 Å². The van der Waals surface area contributed by atoms with Gasteiger partial charge in [-0.3, -0.25) is 0 Å². The first-order valence-corrected chi connectivity index (χ1v) is 8.67. The molecule has 8 nitrogen and oxygen atoms in total. The minimum absolute atomic E-state index is 0.0610. The Kier molecular flexibility index (Phi) is 4.62. The van der Waals surface area contributed by atoms with Gasteiger partial charge in [-0.25, -0.2) is 24.0 Å². The summed E-state index contributed by atoms with van der Waals surface area (Å²) in [5, 5.41) is 15.8. The van der Waals surface area contributed by atoms with Gasteiger partial charge in [0, 0.05) is 36.5 Å². The van der Waals surface area contributed by atoms with E-state index in [1.54, 1.807) is 30.3 Å². The number of nitrogen functional groups attached to an aromatic ring is 1. The maximum atomic E-state index is 13.5. The number of aliphatic hydroxyl groups is 1. The van der Waals surface area contributed by atoms with Crippen molar-refractivity contribution in [3.05, 3.63) is 66.0 Å². The summed E-state index contributed by atoms with van der Waals surface area (Å²) in [6.07, 6.45) is 10.2. The lowest BCUT2D eigenvalue weighted by atomic mass is 9.93. The molecule has 144 valence electrons. The molecule has 0 bridgehead atoms. The van der Waals surface area contributed by atoms with Crippen molar-refractivity contribution < 1.29 is 9.50 Å². The van der Waals surface area contributed by atoms with Crippen LogP contribution in [0.3, 0.4) is 0 Å². The number of terminal acetylenes is 1. The summed E-state index contributed by atoms with van der Waals surface area (Å²) in [7, 11) is 0. The maximum absolute atomic E-state index is 13.5. The van der Waals surface area contributed by atoms with Gasteiger partial charge in [0.2, 0.25) is 5.95 Å². The van der Waals surface area contributed by atoms with Gasteiger partial charge in [-0.1, -0.05) is 18.1 Å². The van der Waals surface area contributed by atoms with Gasteiger partial charge in [-0.2, -0.15) is 10.1 Å². The molecule has 0 amide bonds. The molecule has 0 aliphatic rings. The highest BCUT2D eigenvalue weighted by Crippen LogP contribution is 2.27. The van der Waals surface area contributed by atoms with E-state index in [-0.39, 0.29) is 23.9 Å². The molecule has 3 heterocycles. The van der Waals surface area contributed by atoms with Crippen molar-refractivity contribution in [1.82, 2.24) is 29.7 Å². The largest absolute Gasteiger partial charge is 0.370 e. The minimum atomic E-state index is -1.69. The van der Waals surface area contributed by atoms with E-state index < -0.39 is 12.3 Å². The number of rotatable bonds is 5. The quantitative estimate of drug-likeness (QED) is 0.499. The molecular formula is C20H16FN7O. The van der Waals surface area contributed by atoms with Gasteiger partial charge in [0.25, 0.3) is 0 Å². The van der Waals surface area contributed by atoms with Crippen LogP contribution >= 0.6 is 0 Å². The molecule has 1 atom stereocenters. The number of anilines is 1. The molecule has 0 aliphatic carbocycles. The summed E-state index contributed by atoms with van der Waals surface area (Å²) >= 11 is 0. The summed E-state index contributed by atoms with van der Waals surface area (Å²) in [5.74, 6) is 2.98. The molecule has 1 unspecified atom stereocenters. The Morgan fingerprint density at radius 3 is 2.66 bits per heavy atom. The van der Waals surface area contributed by atoms with Crippen molar-refractivity contribution >= 4 is 16.9 Å². The van der Waals surface area contributed by atoms with Crippen LogP contribution in [0.4, 0.5) is 10.3 Å². The van der Waals surface area contributed by atoms with Gasteiger partial charge < -0.3 is 10.8 Å². The normalized spacial score (nSPS) is 13.1. The molecule has 1 aromatic carbocycles. The second kappa shape index (κ2) is 7.26. The number of hydrogen-bond donors (Lipinski definition) is 2. The van der Waals surface area contributed by atoms with Crippen LogP contribution < -0.4 is 5.73 Å². The number of fused-ring (bicyclic) bond motifs is 1. The van der Waals surface area contributed by atoms with E-state index in [0.29, 0.717) is 22.3 Å². The van der Waals surface area contributed by atoms with Crippen molar-refractivity contribution in [3.63, 3.8) is 0 Å². The lowest BCUT2D eigenvalue weighted by Gasteiger charge is -2.20. The van der Waals surface area contributed by atoms with Crippen molar-refractivity contribution in [3.8, 4) is 18.2 Å². The summed E-state index contributed by atoms with van der Waals surface area (Å²) in [4.78, 5) is 16.2. The summed E-state index contributed by atoms with van der Waals surface area (Å²) in [5.41, 5.74) is 5.53. The molecule has 4 rings (SSSR count). The first-order chi connectivity index (χ1) is 14.0. The van der Waals surface area contributed by atoms with Crippen LogP contribution in [-0.4, -0.2) is 34.8 Å². The highest BCUT2D eigenvalue weighted by Gasteiger charge is 2.30. The summed E-state index contributed by atoms with van der Waals surface area (Å²) < 4.78 is 15.0. The fourth-order valence-electron chi connectivity index (χ4n) is 3.09.